The SMILES string of the molecule is CCCN(Cc1ccccc1)C(=O)C1CCCN(S(=O)(=O)c2ccc(C)s2)C1. The van der Waals surface area contributed by atoms with Crippen LogP contribution in [-0.2, 0) is 21.4 Å². The van der Waals surface area contributed by atoms with E-state index in [0.717, 1.165) is 23.3 Å². The van der Waals surface area contributed by atoms with Crippen LogP contribution in [-0.4, -0.2) is 43.2 Å². The quantitative estimate of drug-likeness (QED) is 0.683. The Balaban J connectivity index is 1.73. The van der Waals surface area contributed by atoms with Crippen molar-refractivity contribution in [3.8, 4) is 0 Å². The van der Waals surface area contributed by atoms with Gasteiger partial charge in [-0.1, -0.05) is 37.3 Å². The maximum atomic E-state index is 13.2. The summed E-state index contributed by atoms with van der Waals surface area (Å²) in [6, 6.07) is 13.4. The van der Waals surface area contributed by atoms with Crippen LogP contribution in [0.25, 0.3) is 0 Å². The molecular weight excluding hydrogens is 392 g/mol. The zero-order chi connectivity index (χ0) is 20.1. The van der Waals surface area contributed by atoms with E-state index in [4.69, 9.17) is 0 Å². The van der Waals surface area contributed by atoms with E-state index < -0.39 is 10.0 Å². The van der Waals surface area contributed by atoms with Crippen LogP contribution in [0.3, 0.4) is 0 Å². The number of hydrogen-bond donors (Lipinski definition) is 0. The first-order valence-electron chi connectivity index (χ1n) is 9.81. The van der Waals surface area contributed by atoms with E-state index in [9.17, 15) is 13.2 Å². The molecule has 0 saturated carbocycles. The highest BCUT2D eigenvalue weighted by Gasteiger charge is 2.35. The summed E-state index contributed by atoms with van der Waals surface area (Å²) in [6.07, 6.45) is 2.33. The van der Waals surface area contributed by atoms with Gasteiger partial charge in [0.15, 0.2) is 0 Å². The molecule has 7 heteroatoms. The number of sulfonamides is 1. The maximum absolute atomic E-state index is 13.2. The van der Waals surface area contributed by atoms with E-state index in [1.165, 1.54) is 15.6 Å². The summed E-state index contributed by atoms with van der Waals surface area (Å²) in [6.45, 7) is 5.96. The Labute approximate surface area is 172 Å². The van der Waals surface area contributed by atoms with E-state index in [1.807, 2.05) is 48.2 Å². The van der Waals surface area contributed by atoms with Crippen LogP contribution in [0.1, 0.15) is 36.6 Å². The molecule has 1 fully saturated rings. The Kier molecular flexibility index (Phi) is 6.91. The smallest absolute Gasteiger partial charge is 0.252 e. The minimum absolute atomic E-state index is 0.0629. The van der Waals surface area contributed by atoms with Gasteiger partial charge in [0.25, 0.3) is 10.0 Å². The minimum Gasteiger partial charge on any atom is -0.338 e. The third kappa shape index (κ3) is 4.82. The van der Waals surface area contributed by atoms with Crippen LogP contribution in [0.15, 0.2) is 46.7 Å². The van der Waals surface area contributed by atoms with Gasteiger partial charge < -0.3 is 4.90 Å². The first-order valence-corrected chi connectivity index (χ1v) is 12.1. The molecule has 1 atom stereocenters. The normalized spacial score (nSPS) is 18.1. The van der Waals surface area contributed by atoms with Crippen molar-refractivity contribution in [1.29, 1.82) is 0 Å². The van der Waals surface area contributed by atoms with E-state index in [0.29, 0.717) is 30.3 Å². The van der Waals surface area contributed by atoms with Crippen molar-refractivity contribution in [2.75, 3.05) is 19.6 Å². The molecule has 0 N–H and O–H groups in total. The van der Waals surface area contributed by atoms with Crippen molar-refractivity contribution >= 4 is 27.3 Å². The molecule has 5 nitrogen and oxygen atoms in total. The molecule has 1 aromatic carbocycles. The van der Waals surface area contributed by atoms with Crippen molar-refractivity contribution in [3.63, 3.8) is 0 Å². The molecule has 1 aliphatic rings. The number of benzene rings is 1. The van der Waals surface area contributed by atoms with Crippen molar-refractivity contribution in [2.24, 2.45) is 5.92 Å². The fraction of sp³-hybridized carbons (Fsp3) is 0.476. The third-order valence-electron chi connectivity index (χ3n) is 5.06. The van der Waals surface area contributed by atoms with E-state index in [1.54, 1.807) is 6.07 Å². The summed E-state index contributed by atoms with van der Waals surface area (Å²) in [5.74, 6) is -0.215. The highest BCUT2D eigenvalue weighted by atomic mass is 32.2. The topological polar surface area (TPSA) is 57.7 Å². The highest BCUT2D eigenvalue weighted by molar-refractivity contribution is 7.91. The molecule has 0 radical (unpaired) electrons. The van der Waals surface area contributed by atoms with Crippen LogP contribution >= 0.6 is 11.3 Å². The van der Waals surface area contributed by atoms with Crippen LogP contribution < -0.4 is 0 Å². The lowest BCUT2D eigenvalue weighted by Gasteiger charge is -2.34. The number of nitrogens with zero attached hydrogens (tertiary/aromatic N) is 2. The highest BCUT2D eigenvalue weighted by Crippen LogP contribution is 2.29. The maximum Gasteiger partial charge on any atom is 0.252 e. The van der Waals surface area contributed by atoms with E-state index >= 15 is 0 Å². The summed E-state index contributed by atoms with van der Waals surface area (Å²) in [5.41, 5.74) is 1.10. The lowest BCUT2D eigenvalue weighted by atomic mass is 9.97. The molecular formula is C21H28N2O3S2. The van der Waals surface area contributed by atoms with Crippen LogP contribution in [0.4, 0.5) is 0 Å². The van der Waals surface area contributed by atoms with Crippen molar-refractivity contribution < 1.29 is 13.2 Å². The molecule has 1 unspecified atom stereocenters. The summed E-state index contributed by atoms with van der Waals surface area (Å²) in [4.78, 5) is 16.1. The predicted molar refractivity (Wildman–Crippen MR) is 113 cm³/mol. The number of rotatable bonds is 7. The lowest BCUT2D eigenvalue weighted by molar-refractivity contribution is -0.137. The molecule has 1 aromatic heterocycles. The minimum atomic E-state index is -3.52. The van der Waals surface area contributed by atoms with Gasteiger partial charge in [0.1, 0.15) is 4.21 Å². The summed E-state index contributed by atoms with van der Waals surface area (Å²) in [7, 11) is -3.52. The monoisotopic (exact) mass is 420 g/mol. The zero-order valence-electron chi connectivity index (χ0n) is 16.5. The Morgan fingerprint density at radius 3 is 2.61 bits per heavy atom. The zero-order valence-corrected chi connectivity index (χ0v) is 18.1. The largest absolute Gasteiger partial charge is 0.338 e. The van der Waals surface area contributed by atoms with Crippen molar-refractivity contribution in [1.82, 2.24) is 9.21 Å². The lowest BCUT2D eigenvalue weighted by Crippen LogP contribution is -2.46. The number of carbonyl (C=O) groups is 1. The van der Waals surface area contributed by atoms with E-state index in [2.05, 4.69) is 6.92 Å². The molecule has 0 bridgehead atoms. The average Bonchev–Trinajstić information content (AvgIpc) is 3.15. The van der Waals surface area contributed by atoms with Gasteiger partial charge >= 0.3 is 0 Å². The molecule has 2 heterocycles. The second-order valence-corrected chi connectivity index (χ2v) is 10.8. The second kappa shape index (κ2) is 9.20. The van der Waals surface area contributed by atoms with Crippen LogP contribution in [0, 0.1) is 12.8 Å². The fourth-order valence-electron chi connectivity index (χ4n) is 3.64. The van der Waals surface area contributed by atoms with Crippen LogP contribution in [0.5, 0.6) is 0 Å². The second-order valence-electron chi connectivity index (χ2n) is 7.31. The van der Waals surface area contributed by atoms with Gasteiger partial charge in [-0.3, -0.25) is 4.79 Å². The van der Waals surface area contributed by atoms with Gasteiger partial charge in [0.05, 0.1) is 5.92 Å². The number of hydrogen-bond acceptors (Lipinski definition) is 4. The molecule has 152 valence electrons. The molecule has 2 aromatic rings. The standard InChI is InChI=1S/C21H28N2O3S2/c1-3-13-22(15-18-8-5-4-6-9-18)21(24)19-10-7-14-23(16-19)28(25,26)20-12-11-17(2)27-20/h4-6,8-9,11-12,19H,3,7,10,13-16H2,1-2H3. The molecule has 0 aliphatic carbocycles. The first kappa shape index (κ1) is 21.0. The van der Waals surface area contributed by atoms with Gasteiger partial charge in [0.2, 0.25) is 5.91 Å². The van der Waals surface area contributed by atoms with Gasteiger partial charge in [-0.25, -0.2) is 8.42 Å². The van der Waals surface area contributed by atoms with E-state index in [-0.39, 0.29) is 18.4 Å². The predicted octanol–water partition coefficient (Wildman–Crippen LogP) is 3.90. The number of amides is 1. The number of carbonyl (C=O) groups excluding carboxylic acids is 1. The summed E-state index contributed by atoms with van der Waals surface area (Å²) in [5, 5.41) is 0. The molecule has 0 spiro atoms. The molecule has 1 saturated heterocycles. The van der Waals surface area contributed by atoms with Gasteiger partial charge in [-0.2, -0.15) is 4.31 Å². The molecule has 3 rings (SSSR count). The Hall–Kier alpha value is -1.70. The Morgan fingerprint density at radius 1 is 1.21 bits per heavy atom. The first-order chi connectivity index (χ1) is 13.4. The molecule has 1 aliphatic heterocycles. The fourth-order valence-corrected chi connectivity index (χ4v) is 6.60. The van der Waals surface area contributed by atoms with Gasteiger partial charge in [0, 0.05) is 31.1 Å². The van der Waals surface area contributed by atoms with Gasteiger partial charge in [-0.05, 0) is 43.9 Å². The number of piperidine rings is 1. The third-order valence-corrected chi connectivity index (χ3v) is 8.40. The van der Waals surface area contributed by atoms with Crippen LogP contribution in [0.2, 0.25) is 0 Å². The van der Waals surface area contributed by atoms with Crippen molar-refractivity contribution in [3.05, 3.63) is 52.9 Å². The summed E-state index contributed by atoms with van der Waals surface area (Å²) < 4.78 is 27.8. The Morgan fingerprint density at radius 2 is 1.96 bits per heavy atom. The number of aryl methyl sites for hydroxylation is 1. The average molecular weight is 421 g/mol. The molecule has 1 amide bonds. The number of thiophene rings is 1. The van der Waals surface area contributed by atoms with Crippen molar-refractivity contribution in [2.45, 2.75) is 43.9 Å². The Bertz CT molecular complexity index is 893. The molecule has 28 heavy (non-hydrogen) atoms. The summed E-state index contributed by atoms with van der Waals surface area (Å²) >= 11 is 1.29. The van der Waals surface area contributed by atoms with Gasteiger partial charge in [-0.15, -0.1) is 11.3 Å².